The molecule has 0 nitrogen and oxygen atoms in total. The summed E-state index contributed by atoms with van der Waals surface area (Å²) in [6.45, 7) is 0.0298. The summed E-state index contributed by atoms with van der Waals surface area (Å²) < 4.78 is 1.19. The Morgan fingerprint density at radius 3 is 1.74 bits per heavy atom. The van der Waals surface area contributed by atoms with Crippen LogP contribution in [0.5, 0.6) is 0 Å². The quantitative estimate of drug-likeness (QED) is 0.723. The van der Waals surface area contributed by atoms with Gasteiger partial charge in [0.25, 0.3) is 0 Å². The van der Waals surface area contributed by atoms with Gasteiger partial charge in [0.15, 0.2) is 0 Å². The first-order chi connectivity index (χ1) is 9.06. The fraction of sp³-hybridized carbons (Fsp3) is 0.647. The van der Waals surface area contributed by atoms with E-state index in [2.05, 4.69) is 36.9 Å². The topological polar surface area (TPSA) is 0 Å². The van der Waals surface area contributed by atoms with Crippen molar-refractivity contribution in [2.75, 3.05) is 0 Å². The molecule has 1 aromatic rings. The molecule has 11 rings (SSSR count). The number of rotatable bonds is 2. The van der Waals surface area contributed by atoms with Gasteiger partial charge in [-0.25, -0.2) is 0 Å². The molecule has 0 bridgehead atoms. The fourth-order valence-electron chi connectivity index (χ4n) is 18.6. The minimum atomic E-state index is -2.77. The van der Waals surface area contributed by atoms with Gasteiger partial charge in [0, 0.05) is 0 Å². The summed E-state index contributed by atoms with van der Waals surface area (Å²) in [6, 6.07) is 11.9. The first-order valence-electron chi connectivity index (χ1n) is 8.32. The summed E-state index contributed by atoms with van der Waals surface area (Å²) in [5, 5.41) is 1.86. The van der Waals surface area contributed by atoms with Crippen molar-refractivity contribution in [1.29, 1.82) is 0 Å². The molecule has 1 aromatic carbocycles. The number of hydrogen-bond donors (Lipinski definition) is 0. The van der Waals surface area contributed by atoms with Crippen molar-refractivity contribution in [3.63, 3.8) is 0 Å². The molecule has 10 aliphatic heterocycles. The molecule has 10 heterocycles. The summed E-state index contributed by atoms with van der Waals surface area (Å²) in [4.78, 5) is 13.7. The molecule has 19 heavy (non-hydrogen) atoms. The van der Waals surface area contributed by atoms with Crippen LogP contribution in [-0.4, -0.2) is 8.80 Å². The zero-order valence-electron chi connectivity index (χ0n) is 11.0. The normalized spacial score (nSPS) is 109. The van der Waals surface area contributed by atoms with E-state index in [0.717, 1.165) is 0 Å². The Hall–Kier alpha value is -0.0436. The van der Waals surface area contributed by atoms with Gasteiger partial charge in [0.2, 0.25) is 0 Å². The van der Waals surface area contributed by atoms with Crippen LogP contribution in [0.1, 0.15) is 0 Å². The van der Waals surface area contributed by atoms with Crippen molar-refractivity contribution in [3.05, 3.63) is 30.3 Å². The van der Waals surface area contributed by atoms with Gasteiger partial charge in [0.1, 0.15) is 0 Å². The van der Waals surface area contributed by atoms with E-state index in [4.69, 9.17) is 0 Å². The molecular weight excluding hydrogens is 288 g/mol. The molecule has 0 aromatic heterocycles. The Bertz CT molecular complexity index is 1070. The zero-order chi connectivity index (χ0) is 11.7. The summed E-state index contributed by atoms with van der Waals surface area (Å²) in [5.74, 6) is 0. The third-order valence-corrected chi connectivity index (χ3v) is 68.9. The predicted molar refractivity (Wildman–Crippen MR) is 75.5 cm³/mol. The van der Waals surface area contributed by atoms with Crippen molar-refractivity contribution in [1.82, 2.24) is 0 Å². The second kappa shape index (κ2) is 0.652. The van der Waals surface area contributed by atoms with E-state index in [1.165, 1.54) is 47.3 Å². The van der Waals surface area contributed by atoms with E-state index >= 15 is 0 Å². The molecular formula is C17H18FeSi. The Balaban J connectivity index is 1.43. The molecule has 0 aliphatic carbocycles. The molecule has 10 saturated heterocycles. The molecule has 5 unspecified atom stereocenters. The summed E-state index contributed by atoms with van der Waals surface area (Å²) in [5.41, 5.74) is 0. The Morgan fingerprint density at radius 2 is 1.37 bits per heavy atom. The molecule has 5 atom stereocenters. The SMILES string of the molecule is C[SiH](c1ccccc1)[C]12[CH]3[CH]4[CH]5[CH]1[Fe]45321678[CH]2[CH]1[CH]6[CH]7[CH]28. The molecule has 0 saturated carbocycles. The Morgan fingerprint density at radius 1 is 0.842 bits per heavy atom. The molecule has 0 radical (unpaired) electrons. The van der Waals surface area contributed by atoms with Crippen molar-refractivity contribution in [2.24, 2.45) is 0 Å². The van der Waals surface area contributed by atoms with Crippen molar-refractivity contribution < 1.29 is 6.51 Å². The molecule has 98 valence electrons. The molecule has 1 spiro atoms. The van der Waals surface area contributed by atoms with E-state index in [0.29, 0.717) is 0 Å². The molecule has 10 aliphatic rings. The Labute approximate surface area is 104 Å². The minimum absolute atomic E-state index is 0.655. The molecule has 0 N–H and O–H groups in total. The number of hydrogen-bond acceptors (Lipinski definition) is 0. The molecule has 2 heteroatoms. The van der Waals surface area contributed by atoms with E-state index in [9.17, 15) is 0 Å². The molecule has 0 amide bonds. The van der Waals surface area contributed by atoms with Crippen molar-refractivity contribution in [3.8, 4) is 0 Å². The average Bonchev–Trinajstić information content (AvgIpc) is 3.39. The van der Waals surface area contributed by atoms with Crippen LogP contribution >= 0.6 is 0 Å². The summed E-state index contributed by atoms with van der Waals surface area (Å²) >= 11 is 0. The maximum atomic E-state index is 2.80. The number of fused-ring (bicyclic) bond motifs is 10. The summed E-state index contributed by atoms with van der Waals surface area (Å²) in [7, 11) is -0.655. The average molecular weight is 306 g/mol. The van der Waals surface area contributed by atoms with E-state index < -0.39 is 15.3 Å². The van der Waals surface area contributed by atoms with Gasteiger partial charge in [-0.1, -0.05) is 0 Å². The fourth-order valence-corrected chi connectivity index (χ4v) is 115. The zero-order valence-corrected chi connectivity index (χ0v) is 13.3. The van der Waals surface area contributed by atoms with Crippen LogP contribution in [0.4, 0.5) is 0 Å². The Kier molecular flexibility index (Phi) is 0.250. The van der Waals surface area contributed by atoms with Gasteiger partial charge in [-0.3, -0.25) is 0 Å². The third kappa shape index (κ3) is 0.0857. The van der Waals surface area contributed by atoms with E-state index in [1.54, 1.807) is 0 Å². The molecule has 10 fully saturated rings. The predicted octanol–water partition coefficient (Wildman–Crippen LogP) is 4.05. The first kappa shape index (κ1) is 7.29. The van der Waals surface area contributed by atoms with Crippen molar-refractivity contribution >= 4 is 14.0 Å². The second-order valence-corrected chi connectivity index (χ2v) is 39.1. The summed E-state index contributed by atoms with van der Waals surface area (Å²) in [6.07, 6.45) is 0. The standard InChI is InChI=1S/C12H13Si.C5H5.Fe/c1-13(12-9-5-6-10-12)11-7-3-2-4-8-11;1-2-4-5-3-1;/h2-10,13H,1H3;1-5H;. The van der Waals surface area contributed by atoms with Crippen molar-refractivity contribution in [2.45, 2.75) is 53.8 Å². The van der Waals surface area contributed by atoms with Crippen LogP contribution in [0, 0.1) is 0 Å². The van der Waals surface area contributed by atoms with Crippen LogP contribution in [0.3, 0.4) is 0 Å². The number of benzene rings is 1. The third-order valence-electron chi connectivity index (χ3n) is 16.7. The van der Waals surface area contributed by atoms with Crippen LogP contribution in [0.25, 0.3) is 0 Å². The van der Waals surface area contributed by atoms with Gasteiger partial charge in [-0.2, -0.15) is 0 Å². The van der Waals surface area contributed by atoms with Crippen LogP contribution in [0.15, 0.2) is 30.3 Å². The monoisotopic (exact) mass is 306 g/mol. The van der Waals surface area contributed by atoms with Gasteiger partial charge < -0.3 is 0 Å². The first-order valence-corrected chi connectivity index (χ1v) is 16.9. The van der Waals surface area contributed by atoms with Gasteiger partial charge in [-0.05, 0) is 0 Å². The van der Waals surface area contributed by atoms with E-state index in [-0.39, 0.29) is 0 Å². The van der Waals surface area contributed by atoms with Crippen LogP contribution in [0.2, 0.25) is 53.8 Å². The van der Waals surface area contributed by atoms with E-state index in [1.807, 2.05) is 5.19 Å². The van der Waals surface area contributed by atoms with Gasteiger partial charge in [0.05, 0.1) is 0 Å². The maximum absolute atomic E-state index is 2.80. The van der Waals surface area contributed by atoms with Gasteiger partial charge in [-0.15, -0.1) is 0 Å². The van der Waals surface area contributed by atoms with Crippen LogP contribution in [-0.2, 0) is 6.51 Å². The van der Waals surface area contributed by atoms with Crippen LogP contribution < -0.4 is 5.19 Å². The second-order valence-electron chi connectivity index (χ2n) is 11.9. The van der Waals surface area contributed by atoms with Gasteiger partial charge >= 0.3 is 105 Å².